The molecule has 1 fully saturated rings. The zero-order chi connectivity index (χ0) is 22.3. The molecule has 1 aromatic rings. The van der Waals surface area contributed by atoms with Crippen LogP contribution in [0.1, 0.15) is 62.3 Å². The molecule has 164 valence electrons. The molecule has 0 amide bonds. The van der Waals surface area contributed by atoms with Gasteiger partial charge >= 0.3 is 18.3 Å². The van der Waals surface area contributed by atoms with Gasteiger partial charge < -0.3 is 15.6 Å². The zero-order valence-electron chi connectivity index (χ0n) is 16.0. The number of carbonyl (C=O) groups is 1. The average molecular weight is 427 g/mol. The second-order valence-corrected chi connectivity index (χ2v) is 8.06. The molecule has 0 bridgehead atoms. The third-order valence-corrected chi connectivity index (χ3v) is 5.54. The minimum atomic E-state index is -4.92. The summed E-state index contributed by atoms with van der Waals surface area (Å²) in [6, 6.07) is 1.38. The molecular formula is C19H23F6NO3. The van der Waals surface area contributed by atoms with Crippen molar-refractivity contribution < 1.29 is 41.0 Å². The summed E-state index contributed by atoms with van der Waals surface area (Å²) in [6.07, 6.45) is -9.62. The number of nitrogens with two attached hydrogens (primary N) is 1. The molecule has 1 saturated carbocycles. The number of hydrogen-bond donors (Lipinski definition) is 2. The highest BCUT2D eigenvalue weighted by Crippen LogP contribution is 2.42. The maximum Gasteiger partial charge on any atom is 0.416 e. The Morgan fingerprint density at radius 3 is 1.90 bits per heavy atom. The Hall–Kier alpha value is -1.81. The van der Waals surface area contributed by atoms with Gasteiger partial charge in [0.2, 0.25) is 0 Å². The molecule has 1 aliphatic rings. The monoisotopic (exact) mass is 427 g/mol. The number of halogens is 6. The molecule has 4 nitrogen and oxygen atoms in total. The molecular weight excluding hydrogens is 404 g/mol. The van der Waals surface area contributed by atoms with Crippen molar-refractivity contribution in [2.24, 2.45) is 11.1 Å². The van der Waals surface area contributed by atoms with E-state index in [-0.39, 0.29) is 31.1 Å². The molecule has 0 spiro atoms. The summed E-state index contributed by atoms with van der Waals surface area (Å²) in [5, 5.41) is 9.18. The minimum absolute atomic E-state index is 0.0570. The van der Waals surface area contributed by atoms with Crippen LogP contribution >= 0.6 is 0 Å². The van der Waals surface area contributed by atoms with Gasteiger partial charge in [0.25, 0.3) is 0 Å². The first-order valence-electron chi connectivity index (χ1n) is 8.99. The van der Waals surface area contributed by atoms with E-state index in [9.17, 15) is 36.2 Å². The maximum atomic E-state index is 13.0. The minimum Gasteiger partial charge on any atom is -0.480 e. The summed E-state index contributed by atoms with van der Waals surface area (Å²) in [6.45, 7) is 3.27. The van der Waals surface area contributed by atoms with Crippen LogP contribution in [-0.4, -0.2) is 23.2 Å². The average Bonchev–Trinajstić information content (AvgIpc) is 2.60. The second-order valence-electron chi connectivity index (χ2n) is 8.06. The molecule has 3 N–H and O–H groups in total. The van der Waals surface area contributed by atoms with Crippen LogP contribution in [0.25, 0.3) is 0 Å². The highest BCUT2D eigenvalue weighted by Gasteiger charge is 2.43. The third kappa shape index (κ3) is 5.63. The summed E-state index contributed by atoms with van der Waals surface area (Å²) >= 11 is 0. The Morgan fingerprint density at radius 1 is 1.07 bits per heavy atom. The molecule has 2 rings (SSSR count). The van der Waals surface area contributed by atoms with E-state index in [4.69, 9.17) is 10.5 Å². The van der Waals surface area contributed by atoms with Crippen LogP contribution in [-0.2, 0) is 21.9 Å². The van der Waals surface area contributed by atoms with Gasteiger partial charge in [0.05, 0.1) is 23.8 Å². The normalized spacial score (nSPS) is 26.9. The fraction of sp³-hybridized carbons (Fsp3) is 0.632. The van der Waals surface area contributed by atoms with Gasteiger partial charge in [0.1, 0.15) is 5.54 Å². The number of aliphatic carboxylic acids is 1. The van der Waals surface area contributed by atoms with Crippen LogP contribution in [0.4, 0.5) is 26.3 Å². The van der Waals surface area contributed by atoms with Crippen LogP contribution < -0.4 is 5.73 Å². The first-order chi connectivity index (χ1) is 13.1. The first kappa shape index (κ1) is 23.5. The van der Waals surface area contributed by atoms with E-state index >= 15 is 0 Å². The quantitative estimate of drug-likeness (QED) is 0.637. The lowest BCUT2D eigenvalue weighted by molar-refractivity contribution is -0.147. The first-order valence-corrected chi connectivity index (χ1v) is 8.99. The highest BCUT2D eigenvalue weighted by atomic mass is 19.4. The van der Waals surface area contributed by atoms with Crippen LogP contribution in [0, 0.1) is 5.41 Å². The molecule has 29 heavy (non-hydrogen) atoms. The number of ether oxygens (including phenoxy) is 1. The van der Waals surface area contributed by atoms with E-state index in [0.717, 1.165) is 0 Å². The summed E-state index contributed by atoms with van der Waals surface area (Å²) < 4.78 is 83.7. The van der Waals surface area contributed by atoms with Crippen LogP contribution in [0.15, 0.2) is 18.2 Å². The van der Waals surface area contributed by atoms with Crippen molar-refractivity contribution >= 4 is 5.97 Å². The van der Waals surface area contributed by atoms with Crippen molar-refractivity contribution in [2.45, 2.75) is 63.5 Å². The molecule has 1 unspecified atom stereocenters. The number of rotatable bonds is 5. The summed E-state index contributed by atoms with van der Waals surface area (Å²) in [7, 11) is 0. The predicted molar refractivity (Wildman–Crippen MR) is 91.9 cm³/mol. The van der Waals surface area contributed by atoms with Gasteiger partial charge in [-0.1, -0.05) is 6.92 Å². The molecule has 1 aliphatic carbocycles. The zero-order valence-corrected chi connectivity index (χ0v) is 16.0. The Balaban J connectivity index is 2.15. The summed E-state index contributed by atoms with van der Waals surface area (Å²) in [4.78, 5) is 11.2. The number of hydrogen-bond acceptors (Lipinski definition) is 3. The van der Waals surface area contributed by atoms with Crippen LogP contribution in [0.2, 0.25) is 0 Å². The lowest BCUT2D eigenvalue weighted by Crippen LogP contribution is -2.52. The topological polar surface area (TPSA) is 72.5 Å². The van der Waals surface area contributed by atoms with Crippen molar-refractivity contribution in [3.05, 3.63) is 34.9 Å². The van der Waals surface area contributed by atoms with Crippen LogP contribution in [0.3, 0.4) is 0 Å². The lowest BCUT2D eigenvalue weighted by atomic mass is 9.69. The largest absolute Gasteiger partial charge is 0.480 e. The van der Waals surface area contributed by atoms with E-state index in [0.29, 0.717) is 25.0 Å². The molecule has 0 aromatic heterocycles. The number of carboxylic acids is 1. The van der Waals surface area contributed by atoms with Gasteiger partial charge in [-0.3, -0.25) is 4.79 Å². The fourth-order valence-electron chi connectivity index (χ4n) is 3.29. The van der Waals surface area contributed by atoms with Crippen molar-refractivity contribution in [3.8, 4) is 0 Å². The Bertz CT molecular complexity index is 719. The number of carboxylic acid groups (broad SMARTS) is 1. The lowest BCUT2D eigenvalue weighted by Gasteiger charge is -2.41. The van der Waals surface area contributed by atoms with E-state index in [1.807, 2.05) is 6.92 Å². The standard InChI is InChI=1S/C19H23F6NO3/c1-11(29-10-16(2)3-5-17(26,6-4-16)15(27)28)12-7-13(18(20,21)22)9-14(8-12)19(23,24)25/h7-9,11H,3-6,10,26H2,1-2H3,(H,27,28). The Kier molecular flexibility index (Phi) is 6.30. The van der Waals surface area contributed by atoms with E-state index in [2.05, 4.69) is 0 Å². The highest BCUT2D eigenvalue weighted by molar-refractivity contribution is 5.78. The molecule has 10 heteroatoms. The predicted octanol–water partition coefficient (Wildman–Crippen LogP) is 5.16. The van der Waals surface area contributed by atoms with Gasteiger partial charge in [-0.15, -0.1) is 0 Å². The van der Waals surface area contributed by atoms with Crippen molar-refractivity contribution in [1.29, 1.82) is 0 Å². The molecule has 1 atom stereocenters. The summed E-state index contributed by atoms with van der Waals surface area (Å²) in [5.41, 5.74) is 1.02. The van der Waals surface area contributed by atoms with Gasteiger partial charge in [-0.2, -0.15) is 26.3 Å². The molecule has 0 radical (unpaired) electrons. The van der Waals surface area contributed by atoms with Gasteiger partial charge in [0, 0.05) is 0 Å². The van der Waals surface area contributed by atoms with Gasteiger partial charge in [-0.25, -0.2) is 0 Å². The van der Waals surface area contributed by atoms with E-state index in [1.54, 1.807) is 0 Å². The molecule has 1 aromatic carbocycles. The number of alkyl halides is 6. The smallest absolute Gasteiger partial charge is 0.416 e. The van der Waals surface area contributed by atoms with E-state index in [1.165, 1.54) is 6.92 Å². The summed E-state index contributed by atoms with van der Waals surface area (Å²) in [5.74, 6) is -1.10. The second kappa shape index (κ2) is 7.79. The molecule has 0 aliphatic heterocycles. The van der Waals surface area contributed by atoms with Gasteiger partial charge in [-0.05, 0) is 61.8 Å². The Labute approximate surface area is 164 Å². The fourth-order valence-corrected chi connectivity index (χ4v) is 3.29. The maximum absolute atomic E-state index is 13.0. The van der Waals surface area contributed by atoms with Crippen molar-refractivity contribution in [1.82, 2.24) is 0 Å². The SMILES string of the molecule is CC(OCC1(C)CCC(N)(C(=O)O)CC1)c1cc(C(F)(F)F)cc(C(F)(F)F)c1. The van der Waals surface area contributed by atoms with Gasteiger partial charge in [0.15, 0.2) is 0 Å². The molecule has 0 saturated heterocycles. The Morgan fingerprint density at radius 2 is 1.52 bits per heavy atom. The molecule has 0 heterocycles. The van der Waals surface area contributed by atoms with Crippen molar-refractivity contribution in [3.63, 3.8) is 0 Å². The number of benzene rings is 1. The van der Waals surface area contributed by atoms with Crippen molar-refractivity contribution in [2.75, 3.05) is 6.61 Å². The third-order valence-electron chi connectivity index (χ3n) is 5.54. The van der Waals surface area contributed by atoms with E-state index < -0.39 is 46.5 Å². The van der Waals surface area contributed by atoms with Crippen LogP contribution in [0.5, 0.6) is 0 Å².